The zero-order valence-corrected chi connectivity index (χ0v) is 7.69. The standard InChI is InChI=1S/C8H14N2O3/c1-2-3-10-7(12)6-9(4-5-11)8(10)13/h11H,2-6H2,1H3. The highest BCUT2D eigenvalue weighted by Crippen LogP contribution is 2.09. The maximum Gasteiger partial charge on any atom is 0.327 e. The van der Waals surface area contributed by atoms with Crippen LogP contribution in [0.15, 0.2) is 0 Å². The number of aliphatic hydroxyl groups excluding tert-OH is 1. The number of imide groups is 1. The highest BCUT2D eigenvalue weighted by Gasteiger charge is 2.34. The molecule has 74 valence electrons. The Bertz CT molecular complexity index is 217. The first-order chi connectivity index (χ1) is 6.20. The monoisotopic (exact) mass is 186 g/mol. The van der Waals surface area contributed by atoms with Crippen LogP contribution in [-0.2, 0) is 4.79 Å². The highest BCUT2D eigenvalue weighted by molar-refractivity contribution is 6.01. The van der Waals surface area contributed by atoms with E-state index < -0.39 is 0 Å². The van der Waals surface area contributed by atoms with Gasteiger partial charge in [0.2, 0.25) is 5.91 Å². The molecule has 1 saturated heterocycles. The Morgan fingerprint density at radius 1 is 1.38 bits per heavy atom. The van der Waals surface area contributed by atoms with Gasteiger partial charge in [-0.25, -0.2) is 4.79 Å². The van der Waals surface area contributed by atoms with Gasteiger partial charge in [-0.05, 0) is 6.42 Å². The summed E-state index contributed by atoms with van der Waals surface area (Å²) in [6.45, 7) is 2.64. The summed E-state index contributed by atoms with van der Waals surface area (Å²) in [6, 6.07) is -0.277. The topological polar surface area (TPSA) is 60.9 Å². The number of hydrogen-bond donors (Lipinski definition) is 1. The summed E-state index contributed by atoms with van der Waals surface area (Å²) in [6.07, 6.45) is 0.768. The number of carbonyl (C=O) groups is 2. The third-order valence-corrected chi connectivity index (χ3v) is 1.95. The molecule has 0 aliphatic carbocycles. The largest absolute Gasteiger partial charge is 0.395 e. The molecule has 0 radical (unpaired) electrons. The number of carbonyl (C=O) groups excluding carboxylic acids is 2. The van der Waals surface area contributed by atoms with Crippen LogP contribution in [-0.4, -0.2) is 53.1 Å². The van der Waals surface area contributed by atoms with Crippen LogP contribution in [0.5, 0.6) is 0 Å². The van der Waals surface area contributed by atoms with Gasteiger partial charge in [0, 0.05) is 13.1 Å². The molecule has 0 spiro atoms. The molecule has 0 bridgehead atoms. The van der Waals surface area contributed by atoms with Crippen molar-refractivity contribution in [2.24, 2.45) is 0 Å². The van der Waals surface area contributed by atoms with Crippen molar-refractivity contribution in [3.8, 4) is 0 Å². The number of rotatable bonds is 4. The fourth-order valence-corrected chi connectivity index (χ4v) is 1.33. The molecule has 1 rings (SSSR count). The van der Waals surface area contributed by atoms with Gasteiger partial charge in [-0.2, -0.15) is 0 Å². The molecule has 3 amide bonds. The fourth-order valence-electron chi connectivity index (χ4n) is 1.33. The van der Waals surface area contributed by atoms with Crippen LogP contribution in [0, 0.1) is 0 Å². The zero-order chi connectivity index (χ0) is 9.84. The van der Waals surface area contributed by atoms with Crippen LogP contribution >= 0.6 is 0 Å². The molecule has 1 aliphatic rings. The number of nitrogens with zero attached hydrogens (tertiary/aromatic N) is 2. The molecule has 5 heteroatoms. The van der Waals surface area contributed by atoms with Gasteiger partial charge >= 0.3 is 6.03 Å². The van der Waals surface area contributed by atoms with Crippen molar-refractivity contribution in [2.45, 2.75) is 13.3 Å². The molecule has 0 unspecified atom stereocenters. The van der Waals surface area contributed by atoms with E-state index in [1.165, 1.54) is 9.80 Å². The molecule has 1 heterocycles. The summed E-state index contributed by atoms with van der Waals surface area (Å²) in [5, 5.41) is 8.62. The van der Waals surface area contributed by atoms with Crippen molar-refractivity contribution < 1.29 is 14.7 Å². The average Bonchev–Trinajstić information content (AvgIpc) is 2.34. The molecular weight excluding hydrogens is 172 g/mol. The van der Waals surface area contributed by atoms with Crippen LogP contribution < -0.4 is 0 Å². The molecule has 1 fully saturated rings. The molecule has 0 saturated carbocycles. The van der Waals surface area contributed by atoms with Gasteiger partial charge in [0.15, 0.2) is 0 Å². The van der Waals surface area contributed by atoms with Gasteiger partial charge in [0.1, 0.15) is 6.54 Å². The van der Waals surface area contributed by atoms with Crippen molar-refractivity contribution in [1.29, 1.82) is 0 Å². The Balaban J connectivity index is 2.58. The number of urea groups is 1. The molecular formula is C8H14N2O3. The molecule has 1 N–H and O–H groups in total. The van der Waals surface area contributed by atoms with Crippen LogP contribution in [0.1, 0.15) is 13.3 Å². The minimum atomic E-state index is -0.277. The van der Waals surface area contributed by atoms with Gasteiger partial charge < -0.3 is 10.0 Å². The molecule has 13 heavy (non-hydrogen) atoms. The summed E-state index contributed by atoms with van der Waals surface area (Å²) in [5.41, 5.74) is 0. The number of hydrogen-bond acceptors (Lipinski definition) is 3. The second-order valence-corrected chi connectivity index (χ2v) is 2.97. The van der Waals surface area contributed by atoms with Crippen LogP contribution in [0.25, 0.3) is 0 Å². The van der Waals surface area contributed by atoms with Crippen molar-refractivity contribution >= 4 is 11.9 Å². The predicted octanol–water partition coefficient (Wildman–Crippen LogP) is -0.347. The molecule has 1 aliphatic heterocycles. The maximum atomic E-state index is 11.4. The van der Waals surface area contributed by atoms with Gasteiger partial charge in [-0.15, -0.1) is 0 Å². The highest BCUT2D eigenvalue weighted by atomic mass is 16.3. The molecule has 0 aromatic heterocycles. The summed E-state index contributed by atoms with van der Waals surface area (Å²) in [5.74, 6) is -0.166. The van der Waals surface area contributed by atoms with E-state index in [-0.39, 0.29) is 31.6 Å². The lowest BCUT2D eigenvalue weighted by Crippen LogP contribution is -2.34. The second-order valence-electron chi connectivity index (χ2n) is 2.97. The van der Waals surface area contributed by atoms with E-state index in [0.717, 1.165) is 6.42 Å². The third kappa shape index (κ3) is 1.98. The lowest BCUT2D eigenvalue weighted by Gasteiger charge is -2.14. The molecule has 0 aromatic rings. The van der Waals surface area contributed by atoms with Crippen LogP contribution in [0.4, 0.5) is 4.79 Å². The van der Waals surface area contributed by atoms with E-state index in [0.29, 0.717) is 6.54 Å². The lowest BCUT2D eigenvalue weighted by atomic mass is 10.4. The van der Waals surface area contributed by atoms with E-state index >= 15 is 0 Å². The van der Waals surface area contributed by atoms with Gasteiger partial charge in [-0.3, -0.25) is 9.69 Å². The summed E-state index contributed by atoms with van der Waals surface area (Å²) in [4.78, 5) is 25.2. The Hall–Kier alpha value is -1.10. The smallest absolute Gasteiger partial charge is 0.327 e. The maximum absolute atomic E-state index is 11.4. The van der Waals surface area contributed by atoms with Gasteiger partial charge in [0.05, 0.1) is 6.61 Å². The van der Waals surface area contributed by atoms with Crippen molar-refractivity contribution in [3.63, 3.8) is 0 Å². The van der Waals surface area contributed by atoms with E-state index in [2.05, 4.69) is 0 Å². The zero-order valence-electron chi connectivity index (χ0n) is 7.69. The lowest BCUT2D eigenvalue weighted by molar-refractivity contribution is -0.125. The number of β-amino-alcohol motifs (C(OH)–C–C–N with tert-alkyl or cyclic N) is 1. The Morgan fingerprint density at radius 3 is 2.62 bits per heavy atom. The SMILES string of the molecule is CCCN1C(=O)CN(CCO)C1=O. The number of amides is 3. The first-order valence-electron chi connectivity index (χ1n) is 4.40. The molecule has 5 nitrogen and oxygen atoms in total. The van der Waals surface area contributed by atoms with Crippen LogP contribution in [0.3, 0.4) is 0 Å². The van der Waals surface area contributed by atoms with E-state index in [9.17, 15) is 9.59 Å². The van der Waals surface area contributed by atoms with Gasteiger partial charge in [0.25, 0.3) is 0 Å². The van der Waals surface area contributed by atoms with E-state index in [4.69, 9.17) is 5.11 Å². The van der Waals surface area contributed by atoms with Crippen molar-refractivity contribution in [3.05, 3.63) is 0 Å². The first-order valence-corrected chi connectivity index (χ1v) is 4.40. The Labute approximate surface area is 76.9 Å². The Morgan fingerprint density at radius 2 is 2.08 bits per heavy atom. The van der Waals surface area contributed by atoms with Crippen molar-refractivity contribution in [2.75, 3.05) is 26.2 Å². The summed E-state index contributed by atoms with van der Waals surface area (Å²) >= 11 is 0. The number of aliphatic hydroxyl groups is 1. The molecule has 0 aromatic carbocycles. The normalized spacial score (nSPS) is 17.4. The minimum absolute atomic E-state index is 0.0982. The third-order valence-electron chi connectivity index (χ3n) is 1.95. The Kier molecular flexibility index (Phi) is 3.25. The average molecular weight is 186 g/mol. The minimum Gasteiger partial charge on any atom is -0.395 e. The fraction of sp³-hybridized carbons (Fsp3) is 0.750. The quantitative estimate of drug-likeness (QED) is 0.611. The molecule has 0 atom stereocenters. The van der Waals surface area contributed by atoms with Crippen molar-refractivity contribution in [1.82, 2.24) is 9.80 Å². The first kappa shape index (κ1) is 9.98. The predicted molar refractivity (Wildman–Crippen MR) is 46.1 cm³/mol. The second kappa shape index (κ2) is 4.23. The van der Waals surface area contributed by atoms with E-state index in [1.54, 1.807) is 0 Å². The summed E-state index contributed by atoms with van der Waals surface area (Å²) in [7, 11) is 0. The van der Waals surface area contributed by atoms with Gasteiger partial charge in [-0.1, -0.05) is 6.92 Å². The van der Waals surface area contributed by atoms with E-state index in [1.807, 2.05) is 6.92 Å². The summed E-state index contributed by atoms with van der Waals surface area (Å²) < 4.78 is 0. The van der Waals surface area contributed by atoms with Crippen LogP contribution in [0.2, 0.25) is 0 Å².